The van der Waals surface area contributed by atoms with E-state index in [1.165, 1.54) is 9.30 Å². The number of carbonyl (C=O) groups is 2. The normalized spacial score (nSPS) is 17.9. The van der Waals surface area contributed by atoms with E-state index < -0.39 is 5.97 Å². The molecule has 2 fully saturated rings. The predicted molar refractivity (Wildman–Crippen MR) is 143 cm³/mol. The number of anilines is 1. The van der Waals surface area contributed by atoms with E-state index in [0.717, 1.165) is 56.6 Å². The maximum Gasteiger partial charge on any atom is 0.303 e. The molecule has 2 aromatic rings. The largest absolute Gasteiger partial charge is 0.481 e. The van der Waals surface area contributed by atoms with Crippen LogP contribution in [0.4, 0.5) is 5.82 Å². The van der Waals surface area contributed by atoms with Gasteiger partial charge in [-0.1, -0.05) is 30.0 Å². The molecule has 0 saturated carbocycles. The molecule has 0 unspecified atom stereocenters. The second-order valence-corrected chi connectivity index (χ2v) is 10.3. The number of hydrogen-bond acceptors (Lipinski definition) is 9. The Bertz CT molecular complexity index is 1260. The number of thiocarbonyl (C=S) groups is 1. The van der Waals surface area contributed by atoms with Gasteiger partial charge in [0.15, 0.2) is 0 Å². The average molecular weight is 532 g/mol. The first-order valence-corrected chi connectivity index (χ1v) is 13.1. The lowest BCUT2D eigenvalue weighted by Gasteiger charge is -2.26. The van der Waals surface area contributed by atoms with E-state index in [2.05, 4.69) is 10.2 Å². The van der Waals surface area contributed by atoms with Crippen LogP contribution < -0.4 is 10.9 Å². The quantitative estimate of drug-likeness (QED) is 0.268. The van der Waals surface area contributed by atoms with Crippen molar-refractivity contribution in [2.75, 3.05) is 51.3 Å². The summed E-state index contributed by atoms with van der Waals surface area (Å²) in [5.74, 6) is -0.833. The highest BCUT2D eigenvalue weighted by Gasteiger charge is 2.32. The molecule has 4 rings (SSSR count). The summed E-state index contributed by atoms with van der Waals surface area (Å²) in [5, 5.41) is 12.2. The molecule has 0 radical (unpaired) electrons. The lowest BCUT2D eigenvalue weighted by atomic mass is 10.2. The summed E-state index contributed by atoms with van der Waals surface area (Å²) in [4.78, 5) is 46.1. The number of morpholine rings is 1. The zero-order chi connectivity index (χ0) is 25.7. The monoisotopic (exact) mass is 531 g/mol. The first-order valence-electron chi connectivity index (χ1n) is 11.9. The molecule has 10 nitrogen and oxygen atoms in total. The molecule has 1 amide bonds. The number of aliphatic carboxylic acids is 1. The molecule has 192 valence electrons. The molecule has 2 aromatic heterocycles. The minimum Gasteiger partial charge on any atom is -0.481 e. The summed E-state index contributed by atoms with van der Waals surface area (Å²) in [5.41, 5.74) is 1.42. The van der Waals surface area contributed by atoms with Crippen molar-refractivity contribution in [3.05, 3.63) is 44.7 Å². The van der Waals surface area contributed by atoms with Crippen LogP contribution in [0.5, 0.6) is 0 Å². The third-order valence-electron chi connectivity index (χ3n) is 6.05. The number of amides is 1. The molecule has 0 bridgehead atoms. The second kappa shape index (κ2) is 12.0. The highest BCUT2D eigenvalue weighted by atomic mass is 32.2. The number of nitrogens with zero attached hydrogens (tertiary/aromatic N) is 4. The van der Waals surface area contributed by atoms with Gasteiger partial charge in [-0.05, 0) is 44.0 Å². The Hall–Kier alpha value is -2.80. The van der Waals surface area contributed by atoms with Gasteiger partial charge in [-0.15, -0.1) is 0 Å². The second-order valence-electron chi connectivity index (χ2n) is 8.63. The third-order valence-corrected chi connectivity index (χ3v) is 7.43. The lowest BCUT2D eigenvalue weighted by molar-refractivity contribution is -0.137. The zero-order valence-corrected chi connectivity index (χ0v) is 21.7. The summed E-state index contributed by atoms with van der Waals surface area (Å²) in [6, 6.07) is 3.68. The SMILES string of the molecule is Cc1cccn2c(=O)c(C=C3SC(=S)N(CCCC(=O)O)C3=O)c(NCCCN3CCOCC3)nc12. The number of rotatable bonds is 10. The van der Waals surface area contributed by atoms with Gasteiger partial charge in [-0.2, -0.15) is 0 Å². The van der Waals surface area contributed by atoms with Crippen molar-refractivity contribution in [2.24, 2.45) is 0 Å². The van der Waals surface area contributed by atoms with Gasteiger partial charge in [-0.25, -0.2) is 4.98 Å². The minimum atomic E-state index is -0.925. The van der Waals surface area contributed by atoms with Gasteiger partial charge in [-0.3, -0.25) is 28.6 Å². The Morgan fingerprint density at radius 2 is 2.06 bits per heavy atom. The van der Waals surface area contributed by atoms with Crippen LogP contribution in [0.15, 0.2) is 28.0 Å². The highest BCUT2D eigenvalue weighted by molar-refractivity contribution is 8.26. The van der Waals surface area contributed by atoms with Gasteiger partial charge in [0.25, 0.3) is 11.5 Å². The number of nitrogens with one attached hydrogen (secondary N) is 1. The maximum atomic E-state index is 13.5. The molecule has 12 heteroatoms. The summed E-state index contributed by atoms with van der Waals surface area (Å²) >= 11 is 6.46. The Balaban J connectivity index is 1.58. The van der Waals surface area contributed by atoms with Crippen molar-refractivity contribution in [2.45, 2.75) is 26.2 Å². The molecule has 2 N–H and O–H groups in total. The number of ether oxygens (including phenoxy) is 1. The predicted octanol–water partition coefficient (Wildman–Crippen LogP) is 2.20. The van der Waals surface area contributed by atoms with E-state index in [9.17, 15) is 14.4 Å². The number of fused-ring (bicyclic) bond motifs is 1. The summed E-state index contributed by atoms with van der Waals surface area (Å²) < 4.78 is 7.22. The van der Waals surface area contributed by atoms with Crippen LogP contribution >= 0.6 is 24.0 Å². The molecule has 0 aliphatic carbocycles. The molecular weight excluding hydrogens is 502 g/mol. The average Bonchev–Trinajstić information content (AvgIpc) is 3.12. The molecule has 2 saturated heterocycles. The molecule has 36 heavy (non-hydrogen) atoms. The fraction of sp³-hybridized carbons (Fsp3) is 0.458. The van der Waals surface area contributed by atoms with Crippen molar-refractivity contribution in [3.8, 4) is 0 Å². The molecule has 2 aliphatic rings. The fourth-order valence-corrected chi connectivity index (χ4v) is 5.41. The first kappa shape index (κ1) is 26.3. The van der Waals surface area contributed by atoms with Gasteiger partial charge in [0.2, 0.25) is 0 Å². The van der Waals surface area contributed by atoms with Crippen molar-refractivity contribution >= 4 is 57.7 Å². The number of aryl methyl sites for hydroxylation is 1. The van der Waals surface area contributed by atoms with Crippen LogP contribution in [-0.4, -0.2) is 86.4 Å². The number of carboxylic acids is 1. The highest BCUT2D eigenvalue weighted by Crippen LogP contribution is 2.33. The minimum absolute atomic E-state index is 0.0517. The molecule has 2 aliphatic heterocycles. The first-order chi connectivity index (χ1) is 17.3. The number of pyridine rings is 1. The van der Waals surface area contributed by atoms with Crippen molar-refractivity contribution < 1.29 is 19.4 Å². The Kier molecular flexibility index (Phi) is 8.72. The van der Waals surface area contributed by atoms with Crippen LogP contribution in [-0.2, 0) is 14.3 Å². The Morgan fingerprint density at radius 1 is 1.28 bits per heavy atom. The van der Waals surface area contributed by atoms with Crippen molar-refractivity contribution in [3.63, 3.8) is 0 Å². The van der Waals surface area contributed by atoms with Gasteiger partial charge in [0, 0.05) is 38.8 Å². The number of aromatic nitrogens is 2. The topological polar surface area (TPSA) is 116 Å². The Morgan fingerprint density at radius 3 is 2.81 bits per heavy atom. The van der Waals surface area contributed by atoms with Gasteiger partial charge >= 0.3 is 5.97 Å². The molecule has 0 atom stereocenters. The third kappa shape index (κ3) is 6.12. The summed E-state index contributed by atoms with van der Waals surface area (Å²) in [6.07, 6.45) is 4.31. The standard InChI is InChI=1S/C24H29N5O5S2/c1-16-5-2-9-28-21(16)26-20(25-7-4-8-27-11-13-34-14-12-27)17(22(28)32)15-18-23(33)29(24(35)36-18)10-3-6-19(30)31/h2,5,9,15,25H,3-4,6-8,10-14H2,1H3,(H,30,31). The smallest absolute Gasteiger partial charge is 0.303 e. The van der Waals surface area contributed by atoms with Crippen LogP contribution in [0.2, 0.25) is 0 Å². The number of thioether (sulfide) groups is 1. The van der Waals surface area contributed by atoms with E-state index in [1.807, 2.05) is 13.0 Å². The number of carboxylic acid groups (broad SMARTS) is 1. The van der Waals surface area contributed by atoms with E-state index >= 15 is 0 Å². The van der Waals surface area contributed by atoms with Crippen LogP contribution in [0, 0.1) is 6.92 Å². The molecular formula is C24H29N5O5S2. The van der Waals surface area contributed by atoms with Gasteiger partial charge in [0.1, 0.15) is 15.8 Å². The Labute approximate surface area is 218 Å². The van der Waals surface area contributed by atoms with Crippen LogP contribution in [0.25, 0.3) is 11.7 Å². The number of hydrogen-bond donors (Lipinski definition) is 2. The molecule has 0 spiro atoms. The van der Waals surface area contributed by atoms with Gasteiger partial charge < -0.3 is 15.2 Å². The molecule has 4 heterocycles. The van der Waals surface area contributed by atoms with E-state index in [4.69, 9.17) is 27.0 Å². The van der Waals surface area contributed by atoms with Crippen LogP contribution in [0.3, 0.4) is 0 Å². The fourth-order valence-electron chi connectivity index (χ4n) is 4.12. The molecule has 0 aromatic carbocycles. The maximum absolute atomic E-state index is 13.5. The summed E-state index contributed by atoms with van der Waals surface area (Å²) in [6.45, 7) is 6.95. The van der Waals surface area contributed by atoms with Crippen molar-refractivity contribution in [1.29, 1.82) is 0 Å². The van der Waals surface area contributed by atoms with Crippen LogP contribution in [0.1, 0.15) is 30.4 Å². The van der Waals surface area contributed by atoms with E-state index in [0.29, 0.717) is 33.7 Å². The lowest BCUT2D eigenvalue weighted by Crippen LogP contribution is -2.37. The van der Waals surface area contributed by atoms with E-state index in [1.54, 1.807) is 18.3 Å². The van der Waals surface area contributed by atoms with Gasteiger partial charge in [0.05, 0.1) is 23.7 Å². The summed E-state index contributed by atoms with van der Waals surface area (Å²) in [7, 11) is 0. The number of carbonyl (C=O) groups excluding carboxylic acids is 1. The van der Waals surface area contributed by atoms with Crippen molar-refractivity contribution in [1.82, 2.24) is 19.2 Å². The van der Waals surface area contributed by atoms with E-state index in [-0.39, 0.29) is 30.0 Å². The zero-order valence-electron chi connectivity index (χ0n) is 20.1.